The average Bonchev–Trinajstić information content (AvgIpc) is 2.70. The molecule has 1 heterocycles. The van der Waals surface area contributed by atoms with Gasteiger partial charge in [-0.2, -0.15) is 0 Å². The van der Waals surface area contributed by atoms with Gasteiger partial charge in [0.25, 0.3) is 5.91 Å². The lowest BCUT2D eigenvalue weighted by Gasteiger charge is -2.29. The van der Waals surface area contributed by atoms with Gasteiger partial charge in [0.15, 0.2) is 29.9 Å². The van der Waals surface area contributed by atoms with E-state index in [0.29, 0.717) is 11.4 Å². The highest BCUT2D eigenvalue weighted by Crippen LogP contribution is 2.33. The van der Waals surface area contributed by atoms with Crippen LogP contribution in [0.25, 0.3) is 0 Å². The number of hydrogen-bond acceptors (Lipinski definition) is 3. The van der Waals surface area contributed by atoms with Crippen molar-refractivity contribution >= 4 is 23.2 Å². The van der Waals surface area contributed by atoms with E-state index in [1.54, 1.807) is 17.4 Å². The van der Waals surface area contributed by atoms with Crippen LogP contribution in [0.2, 0.25) is 0 Å². The Balaban J connectivity index is 1.66. The molecule has 0 atom stereocenters. The number of carbonyl (C=O) groups excluding carboxylic acids is 2. The van der Waals surface area contributed by atoms with Crippen molar-refractivity contribution in [2.75, 3.05) is 23.4 Å². The predicted molar refractivity (Wildman–Crippen MR) is 93.1 cm³/mol. The second-order valence-electron chi connectivity index (χ2n) is 6.40. The molecule has 1 aliphatic heterocycles. The molecule has 0 bridgehead atoms. The fourth-order valence-corrected chi connectivity index (χ4v) is 2.87. The van der Waals surface area contributed by atoms with Gasteiger partial charge in [-0.3, -0.25) is 9.59 Å². The topological polar surface area (TPSA) is 58.6 Å². The summed E-state index contributed by atoms with van der Waals surface area (Å²) in [7, 11) is 0. The number of nitrogens with zero attached hydrogens (tertiary/aromatic N) is 1. The van der Waals surface area contributed by atoms with Crippen LogP contribution in [0.15, 0.2) is 18.2 Å². The summed E-state index contributed by atoms with van der Waals surface area (Å²) in [5.74, 6) is -11.6. The zero-order chi connectivity index (χ0) is 21.3. The molecule has 0 fully saturated rings. The molecule has 3 rings (SSSR count). The van der Waals surface area contributed by atoms with E-state index in [4.69, 9.17) is 4.74 Å². The lowest BCUT2D eigenvalue weighted by atomic mass is 10.1. The lowest BCUT2D eigenvalue weighted by Crippen LogP contribution is -2.39. The molecule has 5 nitrogen and oxygen atoms in total. The number of carbonyl (C=O) groups is 2. The molecule has 0 radical (unpaired) electrons. The number of fused-ring (bicyclic) bond motifs is 1. The molecule has 1 aliphatic rings. The van der Waals surface area contributed by atoms with Gasteiger partial charge in [-0.15, -0.1) is 0 Å². The van der Waals surface area contributed by atoms with Gasteiger partial charge in [-0.25, -0.2) is 22.0 Å². The zero-order valence-corrected chi connectivity index (χ0v) is 15.1. The van der Waals surface area contributed by atoms with E-state index in [1.807, 2.05) is 13.0 Å². The van der Waals surface area contributed by atoms with E-state index in [-0.39, 0.29) is 31.9 Å². The van der Waals surface area contributed by atoms with E-state index >= 15 is 0 Å². The number of ether oxygens (including phenoxy) is 1. The van der Waals surface area contributed by atoms with E-state index in [9.17, 15) is 31.5 Å². The number of amides is 2. The van der Waals surface area contributed by atoms with Gasteiger partial charge in [-0.1, -0.05) is 6.07 Å². The molecule has 0 aliphatic carbocycles. The van der Waals surface area contributed by atoms with Gasteiger partial charge >= 0.3 is 0 Å². The van der Waals surface area contributed by atoms with Crippen molar-refractivity contribution in [2.45, 2.75) is 19.8 Å². The fraction of sp³-hybridized carbons (Fsp3) is 0.263. The highest BCUT2D eigenvalue weighted by atomic mass is 19.2. The Hall–Kier alpha value is -3.17. The van der Waals surface area contributed by atoms with Gasteiger partial charge in [0.1, 0.15) is 11.4 Å². The number of anilines is 2. The maximum absolute atomic E-state index is 13.6. The third-order valence-electron chi connectivity index (χ3n) is 4.32. The smallest absolute Gasteiger partial charge is 0.265 e. The standard InChI is InChI=1S/C19H15F5N2O3/c1-9-4-5-11-10(7-9)26(13(28)8-29-11)6-2-3-12(27)25-19-17(23)15(21)14(20)16(22)18(19)24/h4-5,7H,2-3,6,8H2,1H3,(H,25,27). The molecule has 0 aromatic heterocycles. The maximum atomic E-state index is 13.6. The van der Waals surface area contributed by atoms with Crippen LogP contribution < -0.4 is 15.0 Å². The number of halogens is 5. The second-order valence-corrected chi connectivity index (χ2v) is 6.40. The van der Waals surface area contributed by atoms with E-state index in [1.165, 1.54) is 4.90 Å². The molecule has 2 aromatic rings. The summed E-state index contributed by atoms with van der Waals surface area (Å²) < 4.78 is 72.0. The van der Waals surface area contributed by atoms with Crippen molar-refractivity contribution in [2.24, 2.45) is 0 Å². The van der Waals surface area contributed by atoms with Crippen LogP contribution in [0.1, 0.15) is 18.4 Å². The molecular formula is C19H15F5N2O3. The molecule has 1 N–H and O–H groups in total. The van der Waals surface area contributed by atoms with Crippen molar-refractivity contribution in [3.05, 3.63) is 52.8 Å². The molecule has 2 aromatic carbocycles. The Kier molecular flexibility index (Phi) is 5.71. The van der Waals surface area contributed by atoms with Gasteiger partial charge in [0, 0.05) is 13.0 Å². The van der Waals surface area contributed by atoms with Crippen LogP contribution in [0.4, 0.5) is 33.3 Å². The SMILES string of the molecule is Cc1ccc2c(c1)N(CCCC(=O)Nc1c(F)c(F)c(F)c(F)c1F)C(=O)CO2. The number of benzene rings is 2. The average molecular weight is 414 g/mol. The normalized spacial score (nSPS) is 13.2. The molecule has 0 spiro atoms. The van der Waals surface area contributed by atoms with Crippen LogP contribution in [-0.2, 0) is 9.59 Å². The Labute approximate surface area is 162 Å². The van der Waals surface area contributed by atoms with Crippen LogP contribution in [0.3, 0.4) is 0 Å². The van der Waals surface area contributed by atoms with Crippen molar-refractivity contribution in [1.29, 1.82) is 0 Å². The summed E-state index contributed by atoms with van der Waals surface area (Å²) in [6, 6.07) is 5.26. The first-order valence-corrected chi connectivity index (χ1v) is 8.55. The summed E-state index contributed by atoms with van der Waals surface area (Å²) in [5.41, 5.74) is 0.00681. The van der Waals surface area contributed by atoms with Crippen molar-refractivity contribution in [1.82, 2.24) is 0 Å². The highest BCUT2D eigenvalue weighted by molar-refractivity contribution is 5.98. The number of hydrogen-bond donors (Lipinski definition) is 1. The van der Waals surface area contributed by atoms with Crippen LogP contribution in [-0.4, -0.2) is 25.0 Å². The Morgan fingerprint density at radius 2 is 1.69 bits per heavy atom. The number of nitrogens with one attached hydrogen (secondary N) is 1. The van der Waals surface area contributed by atoms with Crippen molar-refractivity contribution in [3.8, 4) is 5.75 Å². The number of aryl methyl sites for hydroxylation is 1. The summed E-state index contributed by atoms with van der Waals surface area (Å²) in [6.45, 7) is 1.75. The second kappa shape index (κ2) is 8.06. The van der Waals surface area contributed by atoms with Gasteiger partial charge in [-0.05, 0) is 31.0 Å². The Bertz CT molecular complexity index is 967. The monoisotopic (exact) mass is 414 g/mol. The largest absolute Gasteiger partial charge is 0.482 e. The molecule has 154 valence electrons. The summed E-state index contributed by atoms with van der Waals surface area (Å²) in [4.78, 5) is 25.5. The van der Waals surface area contributed by atoms with Crippen molar-refractivity contribution < 1.29 is 36.3 Å². The summed E-state index contributed by atoms with van der Waals surface area (Å²) in [5, 5.41) is 1.70. The number of rotatable bonds is 5. The third-order valence-corrected chi connectivity index (χ3v) is 4.32. The summed E-state index contributed by atoms with van der Waals surface area (Å²) >= 11 is 0. The van der Waals surface area contributed by atoms with E-state index in [2.05, 4.69) is 0 Å². The van der Waals surface area contributed by atoms with E-state index < -0.39 is 40.7 Å². The molecule has 2 amide bonds. The highest BCUT2D eigenvalue weighted by Gasteiger charge is 2.28. The molecule has 29 heavy (non-hydrogen) atoms. The van der Waals surface area contributed by atoms with Crippen LogP contribution >= 0.6 is 0 Å². The first-order valence-electron chi connectivity index (χ1n) is 8.55. The minimum Gasteiger partial charge on any atom is -0.482 e. The molecule has 10 heteroatoms. The first-order chi connectivity index (χ1) is 13.7. The predicted octanol–water partition coefficient (Wildman–Crippen LogP) is 3.83. The molecular weight excluding hydrogens is 399 g/mol. The van der Waals surface area contributed by atoms with Gasteiger partial charge < -0.3 is 15.0 Å². The minimum atomic E-state index is -2.31. The Morgan fingerprint density at radius 3 is 2.34 bits per heavy atom. The molecule has 0 saturated heterocycles. The first kappa shape index (κ1) is 20.6. The Morgan fingerprint density at radius 1 is 1.07 bits per heavy atom. The van der Waals surface area contributed by atoms with Crippen LogP contribution in [0, 0.1) is 36.0 Å². The summed E-state index contributed by atoms with van der Waals surface area (Å²) in [6.07, 6.45) is -0.231. The molecule has 0 saturated carbocycles. The molecule has 0 unspecified atom stereocenters. The minimum absolute atomic E-state index is 0.0837. The van der Waals surface area contributed by atoms with Crippen LogP contribution in [0.5, 0.6) is 5.75 Å². The third kappa shape index (κ3) is 4.01. The van der Waals surface area contributed by atoms with Gasteiger partial charge in [0.2, 0.25) is 11.7 Å². The lowest BCUT2D eigenvalue weighted by molar-refractivity contribution is -0.121. The maximum Gasteiger partial charge on any atom is 0.265 e. The van der Waals surface area contributed by atoms with Gasteiger partial charge in [0.05, 0.1) is 5.69 Å². The fourth-order valence-electron chi connectivity index (χ4n) is 2.87. The quantitative estimate of drug-likeness (QED) is 0.460. The van der Waals surface area contributed by atoms with Crippen molar-refractivity contribution in [3.63, 3.8) is 0 Å². The van der Waals surface area contributed by atoms with E-state index in [0.717, 1.165) is 5.56 Å². The zero-order valence-electron chi connectivity index (χ0n) is 15.1.